The average molecular weight is 322 g/mol. The summed E-state index contributed by atoms with van der Waals surface area (Å²) < 4.78 is 7.39. The highest BCUT2D eigenvalue weighted by atomic mass is 16.5. The van der Waals surface area contributed by atoms with E-state index < -0.39 is 0 Å². The number of benzene rings is 1. The molecule has 0 aliphatic carbocycles. The van der Waals surface area contributed by atoms with Gasteiger partial charge in [0.1, 0.15) is 11.4 Å². The molecular formula is C20H22N2O2. The summed E-state index contributed by atoms with van der Waals surface area (Å²) in [5.74, 6) is 0.830. The fourth-order valence-electron chi connectivity index (χ4n) is 2.79. The molecule has 0 N–H and O–H groups in total. The first-order valence-electron chi connectivity index (χ1n) is 8.46. The Morgan fingerprint density at radius 1 is 1.08 bits per heavy atom. The minimum absolute atomic E-state index is 0.00489. The van der Waals surface area contributed by atoms with Crippen LogP contribution in [0.4, 0.5) is 0 Å². The smallest absolute Gasteiger partial charge is 0.260 e. The van der Waals surface area contributed by atoms with Crippen molar-refractivity contribution in [1.82, 2.24) is 9.55 Å². The van der Waals surface area contributed by atoms with E-state index in [9.17, 15) is 4.79 Å². The Hall–Kier alpha value is -2.62. The first kappa shape index (κ1) is 16.2. The fraction of sp³-hybridized carbons (Fsp3) is 0.300. The molecule has 0 fully saturated rings. The second-order valence-corrected chi connectivity index (χ2v) is 5.80. The third-order valence-electron chi connectivity index (χ3n) is 3.93. The predicted molar refractivity (Wildman–Crippen MR) is 97.5 cm³/mol. The number of hydrogen-bond donors (Lipinski definition) is 0. The van der Waals surface area contributed by atoms with E-state index in [-0.39, 0.29) is 5.56 Å². The Morgan fingerprint density at radius 2 is 1.88 bits per heavy atom. The predicted octanol–water partition coefficient (Wildman–Crippen LogP) is 4.26. The molecule has 1 aromatic carbocycles. The molecule has 0 radical (unpaired) electrons. The van der Waals surface area contributed by atoms with Gasteiger partial charge in [-0.1, -0.05) is 26.0 Å². The van der Waals surface area contributed by atoms with Crippen molar-refractivity contribution in [2.75, 3.05) is 6.61 Å². The largest absolute Gasteiger partial charge is 0.494 e. The van der Waals surface area contributed by atoms with Crippen LogP contribution in [0.25, 0.3) is 22.2 Å². The van der Waals surface area contributed by atoms with Gasteiger partial charge in [-0.2, -0.15) is 0 Å². The third-order valence-corrected chi connectivity index (χ3v) is 3.93. The fourth-order valence-corrected chi connectivity index (χ4v) is 2.79. The van der Waals surface area contributed by atoms with Crippen molar-refractivity contribution >= 4 is 11.0 Å². The van der Waals surface area contributed by atoms with Crippen LogP contribution in [-0.2, 0) is 6.54 Å². The number of pyridine rings is 2. The summed E-state index contributed by atoms with van der Waals surface area (Å²) in [6.45, 7) is 5.50. The minimum atomic E-state index is 0.00489. The maximum Gasteiger partial charge on any atom is 0.260 e. The zero-order chi connectivity index (χ0) is 16.9. The zero-order valence-electron chi connectivity index (χ0n) is 14.2. The molecule has 0 amide bonds. The lowest BCUT2D eigenvalue weighted by atomic mass is 10.1. The molecular weight excluding hydrogens is 300 g/mol. The van der Waals surface area contributed by atoms with E-state index in [0.29, 0.717) is 18.7 Å². The molecule has 0 aliphatic heterocycles. The summed E-state index contributed by atoms with van der Waals surface area (Å²) in [4.78, 5) is 17.3. The number of rotatable bonds is 6. The molecule has 124 valence electrons. The first-order chi connectivity index (χ1) is 11.7. The van der Waals surface area contributed by atoms with Gasteiger partial charge in [-0.15, -0.1) is 0 Å². The standard InChI is InChI=1S/C20H22N2O2/c1-3-12-22-19-16(6-5-11-21-19)14-18(20(22)23)15-7-9-17(10-8-15)24-13-4-2/h5-11,14H,3-4,12-13H2,1-2H3. The molecule has 0 bridgehead atoms. The van der Waals surface area contributed by atoms with Gasteiger partial charge in [0.05, 0.1) is 6.61 Å². The maximum atomic E-state index is 12.9. The van der Waals surface area contributed by atoms with Gasteiger partial charge in [0.15, 0.2) is 0 Å². The molecule has 0 aliphatic rings. The molecule has 0 saturated carbocycles. The summed E-state index contributed by atoms with van der Waals surface area (Å²) in [6, 6.07) is 13.5. The van der Waals surface area contributed by atoms with Crippen molar-refractivity contribution in [3.63, 3.8) is 0 Å². The molecule has 0 saturated heterocycles. The summed E-state index contributed by atoms with van der Waals surface area (Å²) in [5.41, 5.74) is 2.35. The third kappa shape index (κ3) is 3.18. The van der Waals surface area contributed by atoms with Crippen LogP contribution < -0.4 is 10.3 Å². The summed E-state index contributed by atoms with van der Waals surface area (Å²) >= 11 is 0. The Balaban J connectivity index is 2.09. The van der Waals surface area contributed by atoms with Crippen molar-refractivity contribution in [2.45, 2.75) is 33.2 Å². The Labute approximate surface area is 141 Å². The van der Waals surface area contributed by atoms with Crippen molar-refractivity contribution in [3.05, 3.63) is 59.0 Å². The van der Waals surface area contributed by atoms with Gasteiger partial charge in [-0.25, -0.2) is 4.98 Å². The maximum absolute atomic E-state index is 12.9. The number of fused-ring (bicyclic) bond motifs is 1. The minimum Gasteiger partial charge on any atom is -0.494 e. The number of ether oxygens (including phenoxy) is 1. The van der Waals surface area contributed by atoms with Crippen LogP contribution in [0, 0.1) is 0 Å². The summed E-state index contributed by atoms with van der Waals surface area (Å²) in [7, 11) is 0. The SMILES string of the molecule is CCCOc1ccc(-c2cc3cccnc3n(CCC)c2=O)cc1. The highest BCUT2D eigenvalue weighted by Gasteiger charge is 2.11. The quantitative estimate of drug-likeness (QED) is 0.681. The van der Waals surface area contributed by atoms with Crippen LogP contribution in [-0.4, -0.2) is 16.2 Å². The molecule has 4 heteroatoms. The summed E-state index contributed by atoms with van der Waals surface area (Å²) in [5, 5.41) is 0.979. The molecule has 0 unspecified atom stereocenters. The molecule has 2 heterocycles. The van der Waals surface area contributed by atoms with Gasteiger partial charge in [-0.3, -0.25) is 9.36 Å². The number of hydrogen-bond acceptors (Lipinski definition) is 3. The van der Waals surface area contributed by atoms with Gasteiger partial charge in [0, 0.05) is 23.7 Å². The van der Waals surface area contributed by atoms with E-state index in [2.05, 4.69) is 18.8 Å². The zero-order valence-corrected chi connectivity index (χ0v) is 14.2. The normalized spacial score (nSPS) is 10.9. The van der Waals surface area contributed by atoms with E-state index in [1.54, 1.807) is 10.8 Å². The van der Waals surface area contributed by atoms with Gasteiger partial charge in [-0.05, 0) is 48.7 Å². The van der Waals surface area contributed by atoms with Gasteiger partial charge in [0.25, 0.3) is 5.56 Å². The number of aryl methyl sites for hydroxylation is 1. The lowest BCUT2D eigenvalue weighted by Gasteiger charge is -2.12. The molecule has 0 spiro atoms. The topological polar surface area (TPSA) is 44.1 Å². The van der Waals surface area contributed by atoms with E-state index in [1.165, 1.54) is 0 Å². The number of aromatic nitrogens is 2. The second-order valence-electron chi connectivity index (χ2n) is 5.80. The Morgan fingerprint density at radius 3 is 2.58 bits per heavy atom. The van der Waals surface area contributed by atoms with Crippen LogP contribution in [0.2, 0.25) is 0 Å². The van der Waals surface area contributed by atoms with Crippen molar-refractivity contribution in [1.29, 1.82) is 0 Å². The molecule has 3 rings (SSSR count). The Bertz CT molecular complexity index is 882. The average Bonchev–Trinajstić information content (AvgIpc) is 2.62. The van der Waals surface area contributed by atoms with Crippen LogP contribution in [0.15, 0.2) is 53.5 Å². The van der Waals surface area contributed by atoms with E-state index in [1.807, 2.05) is 42.5 Å². The second kappa shape index (κ2) is 7.30. The van der Waals surface area contributed by atoms with E-state index in [4.69, 9.17) is 4.74 Å². The van der Waals surface area contributed by atoms with Crippen LogP contribution in [0.5, 0.6) is 5.75 Å². The van der Waals surface area contributed by atoms with Gasteiger partial charge < -0.3 is 4.74 Å². The van der Waals surface area contributed by atoms with E-state index >= 15 is 0 Å². The molecule has 2 aromatic heterocycles. The molecule has 0 atom stereocenters. The van der Waals surface area contributed by atoms with Gasteiger partial charge in [0.2, 0.25) is 0 Å². The summed E-state index contributed by atoms with van der Waals surface area (Å²) in [6.07, 6.45) is 3.59. The molecule has 4 nitrogen and oxygen atoms in total. The highest BCUT2D eigenvalue weighted by molar-refractivity contribution is 5.81. The van der Waals surface area contributed by atoms with E-state index in [0.717, 1.165) is 35.2 Å². The van der Waals surface area contributed by atoms with Crippen molar-refractivity contribution < 1.29 is 4.74 Å². The van der Waals surface area contributed by atoms with Gasteiger partial charge >= 0.3 is 0 Å². The Kier molecular flexibility index (Phi) is 4.94. The molecule has 24 heavy (non-hydrogen) atoms. The first-order valence-corrected chi connectivity index (χ1v) is 8.46. The lowest BCUT2D eigenvalue weighted by molar-refractivity contribution is 0.317. The lowest BCUT2D eigenvalue weighted by Crippen LogP contribution is -2.22. The highest BCUT2D eigenvalue weighted by Crippen LogP contribution is 2.23. The van der Waals surface area contributed by atoms with Crippen molar-refractivity contribution in [3.8, 4) is 16.9 Å². The monoisotopic (exact) mass is 322 g/mol. The number of nitrogens with zero attached hydrogens (tertiary/aromatic N) is 2. The van der Waals surface area contributed by atoms with Crippen LogP contribution >= 0.6 is 0 Å². The van der Waals surface area contributed by atoms with Crippen LogP contribution in [0.3, 0.4) is 0 Å². The molecule has 3 aromatic rings. The van der Waals surface area contributed by atoms with Crippen molar-refractivity contribution in [2.24, 2.45) is 0 Å². The van der Waals surface area contributed by atoms with Crippen LogP contribution in [0.1, 0.15) is 26.7 Å².